The van der Waals surface area contributed by atoms with Crippen molar-refractivity contribution in [2.24, 2.45) is 52.3 Å². The van der Waals surface area contributed by atoms with Crippen molar-refractivity contribution >= 4 is 41.8 Å². The highest BCUT2D eigenvalue weighted by Gasteiger charge is 2.57. The highest BCUT2D eigenvalue weighted by molar-refractivity contribution is 5.90. The van der Waals surface area contributed by atoms with E-state index in [0.717, 1.165) is 120 Å². The molecule has 11 saturated carbocycles. The molecule has 4 bridgehead atoms. The number of hydrogen-bond donors (Lipinski definition) is 0. The zero-order valence-electron chi connectivity index (χ0n) is 71.6. The summed E-state index contributed by atoms with van der Waals surface area (Å²) in [6.07, 6.45) is 39.2. The van der Waals surface area contributed by atoms with Crippen molar-refractivity contribution in [3.05, 3.63) is 121 Å². The number of carbonyl (C=O) groups is 7. The minimum Gasteiger partial charge on any atom is -0.456 e. The quantitative estimate of drug-likeness (QED) is 0.0768. The molecule has 0 atom stereocenters. The van der Waals surface area contributed by atoms with Crippen LogP contribution < -0.4 is 0 Å². The molecule has 14 heteroatoms. The smallest absolute Gasteiger partial charge is 0.333 e. The molecule has 0 heterocycles. The van der Waals surface area contributed by atoms with Crippen molar-refractivity contribution in [1.82, 2.24) is 0 Å². The molecule has 109 heavy (non-hydrogen) atoms. The largest absolute Gasteiger partial charge is 0.456 e. The molecule has 0 radical (unpaired) electrons. The van der Waals surface area contributed by atoms with E-state index in [4.69, 9.17) is 33.2 Å². The molecule has 11 aliphatic carbocycles. The molecule has 11 fully saturated rings. The Kier molecular flexibility index (Phi) is 34.6. The van der Waals surface area contributed by atoms with Gasteiger partial charge in [0.2, 0.25) is 0 Å². The van der Waals surface area contributed by atoms with Crippen molar-refractivity contribution in [3.63, 3.8) is 0 Å². The molecule has 0 aliphatic heterocycles. The molecule has 1 aromatic carbocycles. The van der Waals surface area contributed by atoms with E-state index >= 15 is 0 Å². The van der Waals surface area contributed by atoms with Gasteiger partial charge >= 0.3 is 41.8 Å². The second-order valence-electron chi connectivity index (χ2n) is 37.8. The third kappa shape index (κ3) is 25.6. The van der Waals surface area contributed by atoms with Crippen molar-refractivity contribution < 1.29 is 66.7 Å². The van der Waals surface area contributed by atoms with Crippen LogP contribution in [-0.2, 0) is 72.3 Å². The maximum Gasteiger partial charge on any atom is 0.333 e. The Morgan fingerprint density at radius 1 is 0.367 bits per heavy atom. The monoisotopic (exact) mass is 1510 g/mol. The lowest BCUT2D eigenvalue weighted by Crippen LogP contribution is -2.58. The van der Waals surface area contributed by atoms with Crippen LogP contribution in [0.1, 0.15) is 348 Å². The summed E-state index contributed by atoms with van der Waals surface area (Å²) in [7, 11) is 0. The second-order valence-corrected chi connectivity index (χ2v) is 37.8. The standard InChI is InChI=1S/C15H22O2.C15H18O2.C14H22O2.C14H24O2.C13H22O2.2C12H20O2/c1-9(2)14(16)17-15(3)12-5-10-4-11(7-12)8-13(15)6-10;1-12(2)14(16)17-15(10-6-7-11-15)13-8-4-3-5-9-13;1-11(2)13(15)16-14(9-5-6-10-14)12-7-3-4-8-12;1-11(2)12(15)16-14(13(3,4)5)9-7-6-8-10-14;1-10(2)11(14)15-13(12(3,4)5)8-6-7-9-13;1-9(2)11(13)14-12(3,4)10-7-5-6-8-10;1-9(2)11(13)14-12(10(3)4)7-5-6-8-12/h10-13H,1,4-8H2,2-3H3;3-5,8-9H,1,6-7,10-11H2,2H3;12H,1,3-10H2,2H3;1,6-10H2,2-5H3;1,6-9H2,2-5H3;2*10H,1,5-8H2,2-4H3. The Morgan fingerprint density at radius 3 is 1.08 bits per heavy atom. The fraction of sp³-hybridized carbons (Fsp3) is 0.716. The fourth-order valence-corrected chi connectivity index (χ4v) is 18.9. The van der Waals surface area contributed by atoms with Crippen LogP contribution in [0.2, 0.25) is 0 Å². The first-order valence-electron chi connectivity index (χ1n) is 42.0. The first-order chi connectivity index (χ1) is 50.7. The summed E-state index contributed by atoms with van der Waals surface area (Å²) < 4.78 is 39.8. The summed E-state index contributed by atoms with van der Waals surface area (Å²) in [6, 6.07) is 10.0. The fourth-order valence-electron chi connectivity index (χ4n) is 18.9. The number of esters is 7. The molecular formula is C95H148O14. The van der Waals surface area contributed by atoms with Crippen LogP contribution in [0.3, 0.4) is 0 Å². The Labute approximate surface area is 660 Å². The summed E-state index contributed by atoms with van der Waals surface area (Å²) in [5.41, 5.74) is 2.74. The van der Waals surface area contributed by atoms with Gasteiger partial charge in [0.25, 0.3) is 0 Å². The second kappa shape index (κ2) is 40.4. The summed E-state index contributed by atoms with van der Waals surface area (Å²) in [5.74, 6) is 2.90. The van der Waals surface area contributed by atoms with E-state index in [9.17, 15) is 33.6 Å². The molecule has 0 spiro atoms. The summed E-state index contributed by atoms with van der Waals surface area (Å²) in [5, 5.41) is 0. The highest BCUT2D eigenvalue weighted by Crippen LogP contribution is 2.60. The molecule has 1 aromatic rings. The van der Waals surface area contributed by atoms with Gasteiger partial charge in [-0.2, -0.15) is 0 Å². The number of carbonyl (C=O) groups excluding carboxylic acids is 7. The Morgan fingerprint density at radius 2 is 0.697 bits per heavy atom. The lowest BCUT2D eigenvalue weighted by atomic mass is 9.50. The SMILES string of the molecule is C=C(C)C(=O)OC(C)(C)C1CCCC1.C=C(C)C(=O)OC1(C(C)(C)C)CCCC1.C=C(C)C(=O)OC1(C(C)(C)C)CCCCC1.C=C(C)C(=O)OC1(C(C)C)CCCC1.C=C(C)C(=O)OC1(C)C2CC3CC(C2)CC1C3.C=C(C)C(=O)OC1(C2CCCC2)CCCC1.C=C(C)C(=O)OC1(c2ccccc2)CCCC1. The van der Waals surface area contributed by atoms with E-state index in [-0.39, 0.29) is 86.2 Å². The number of ether oxygens (including phenoxy) is 7. The van der Waals surface area contributed by atoms with Crippen molar-refractivity contribution in [1.29, 1.82) is 0 Å². The van der Waals surface area contributed by atoms with E-state index in [0.29, 0.717) is 68.6 Å². The van der Waals surface area contributed by atoms with Gasteiger partial charge in [-0.15, -0.1) is 0 Å². The van der Waals surface area contributed by atoms with E-state index in [1.807, 2.05) is 44.2 Å². The summed E-state index contributed by atoms with van der Waals surface area (Å²) in [6.45, 7) is 60.8. The van der Waals surface area contributed by atoms with Crippen molar-refractivity contribution in [2.45, 2.75) is 382 Å². The van der Waals surface area contributed by atoms with E-state index in [1.54, 1.807) is 48.5 Å². The van der Waals surface area contributed by atoms with Gasteiger partial charge < -0.3 is 33.2 Å². The third-order valence-electron chi connectivity index (χ3n) is 26.2. The van der Waals surface area contributed by atoms with Crippen LogP contribution in [0.4, 0.5) is 0 Å². The molecular weight excluding hydrogens is 1370 g/mol. The normalized spacial score (nSPS) is 24.3. The van der Waals surface area contributed by atoms with E-state index in [1.165, 1.54) is 116 Å². The topological polar surface area (TPSA) is 184 Å². The number of benzene rings is 1. The van der Waals surface area contributed by atoms with Gasteiger partial charge in [0.15, 0.2) is 0 Å². The van der Waals surface area contributed by atoms with E-state index in [2.05, 4.69) is 108 Å². The van der Waals surface area contributed by atoms with Crippen LogP contribution in [-0.4, -0.2) is 75.4 Å². The minimum absolute atomic E-state index is 0.00146. The van der Waals surface area contributed by atoms with Crippen LogP contribution >= 0.6 is 0 Å². The molecule has 0 saturated heterocycles. The maximum absolute atomic E-state index is 11.8. The van der Waals surface area contributed by atoms with Gasteiger partial charge in [-0.25, -0.2) is 33.6 Å². The van der Waals surface area contributed by atoms with Crippen molar-refractivity contribution in [3.8, 4) is 0 Å². The van der Waals surface area contributed by atoms with Crippen LogP contribution in [0.5, 0.6) is 0 Å². The average molecular weight is 1510 g/mol. The van der Waals surface area contributed by atoms with Gasteiger partial charge in [0.05, 0.1) is 0 Å². The molecule has 0 N–H and O–H groups in total. The third-order valence-corrected chi connectivity index (χ3v) is 26.2. The van der Waals surface area contributed by atoms with Crippen LogP contribution in [0, 0.1) is 52.3 Å². The zero-order chi connectivity index (χ0) is 81.7. The molecule has 612 valence electrons. The number of rotatable bonds is 18. The van der Waals surface area contributed by atoms with Gasteiger partial charge in [-0.05, 0) is 302 Å². The van der Waals surface area contributed by atoms with Gasteiger partial charge in [-0.3, -0.25) is 0 Å². The Hall–Kier alpha value is -6.31. The molecule has 0 aromatic heterocycles. The Balaban J connectivity index is 0.000000228. The van der Waals surface area contributed by atoms with E-state index < -0.39 is 5.60 Å². The molecule has 0 unspecified atom stereocenters. The lowest BCUT2D eigenvalue weighted by Gasteiger charge is -2.59. The summed E-state index contributed by atoms with van der Waals surface area (Å²) in [4.78, 5) is 81.6. The predicted octanol–water partition coefficient (Wildman–Crippen LogP) is 24.0. The van der Waals surface area contributed by atoms with Gasteiger partial charge in [0, 0.05) is 49.8 Å². The first-order valence-corrected chi connectivity index (χ1v) is 42.0. The highest BCUT2D eigenvalue weighted by atomic mass is 16.6. The van der Waals surface area contributed by atoms with Crippen molar-refractivity contribution in [2.75, 3.05) is 0 Å². The van der Waals surface area contributed by atoms with Crippen LogP contribution in [0.25, 0.3) is 0 Å². The molecule has 12 rings (SSSR count). The van der Waals surface area contributed by atoms with Crippen LogP contribution in [0.15, 0.2) is 115 Å². The molecule has 14 nitrogen and oxygen atoms in total. The minimum atomic E-state index is -0.419. The Bertz CT molecular complexity index is 3270. The zero-order valence-corrected chi connectivity index (χ0v) is 71.6. The molecule has 0 amide bonds. The lowest BCUT2D eigenvalue weighted by molar-refractivity contribution is -0.199. The maximum atomic E-state index is 11.8. The molecule has 11 aliphatic rings. The van der Waals surface area contributed by atoms with Gasteiger partial charge in [0.1, 0.15) is 39.2 Å². The first kappa shape index (κ1) is 93.3. The van der Waals surface area contributed by atoms with Gasteiger partial charge in [-0.1, -0.05) is 164 Å². The predicted molar refractivity (Wildman–Crippen MR) is 440 cm³/mol. The summed E-state index contributed by atoms with van der Waals surface area (Å²) >= 11 is 0. The average Bonchev–Trinajstić information content (AvgIpc) is 1.36. The number of hydrogen-bond acceptors (Lipinski definition) is 14.